The molecule has 0 aliphatic carbocycles. The first-order valence-electron chi connectivity index (χ1n) is 4.89. The first kappa shape index (κ1) is 15.4. The molecule has 0 aromatic rings. The highest BCUT2D eigenvalue weighted by Crippen LogP contribution is 2.00. The minimum Gasteiger partial charge on any atom is -0.328 e. The second-order valence-electron chi connectivity index (χ2n) is 2.97. The monoisotopic (exact) mass is 209 g/mol. The van der Waals surface area contributed by atoms with Crippen molar-refractivity contribution in [3.8, 4) is 0 Å². The van der Waals surface area contributed by atoms with Crippen molar-refractivity contribution >= 4 is 9.84 Å². The van der Waals surface area contributed by atoms with Crippen LogP contribution in [0.5, 0.6) is 0 Å². The molecule has 0 aliphatic rings. The fourth-order valence-electron chi connectivity index (χ4n) is 0.881. The molecule has 2 N–H and O–H groups in total. The fourth-order valence-corrected chi connectivity index (χ4v) is 1.61. The largest absolute Gasteiger partial charge is 0.328 e. The zero-order valence-corrected chi connectivity index (χ0v) is 10.0. The Balaban J connectivity index is 0. The van der Waals surface area contributed by atoms with Crippen LogP contribution in [0.2, 0.25) is 0 Å². The Kier molecular flexibility index (Phi) is 10.1. The average molecular weight is 209 g/mol. The Hall–Kier alpha value is -0.0900. The maximum atomic E-state index is 10.7. The van der Waals surface area contributed by atoms with Crippen LogP contribution >= 0.6 is 0 Å². The molecule has 0 fully saturated rings. The molecule has 0 saturated carbocycles. The van der Waals surface area contributed by atoms with E-state index in [1.54, 1.807) is 0 Å². The van der Waals surface area contributed by atoms with E-state index in [4.69, 9.17) is 5.73 Å². The lowest BCUT2D eigenvalue weighted by Crippen LogP contribution is -2.23. The summed E-state index contributed by atoms with van der Waals surface area (Å²) >= 11 is 0. The van der Waals surface area contributed by atoms with Crippen molar-refractivity contribution in [2.75, 3.05) is 12.0 Å². The minimum atomic E-state index is -2.82. The van der Waals surface area contributed by atoms with Gasteiger partial charge < -0.3 is 5.73 Å². The molecule has 0 amide bonds. The third-order valence-electron chi connectivity index (χ3n) is 1.52. The van der Waals surface area contributed by atoms with E-state index in [9.17, 15) is 8.42 Å². The number of nitrogens with two attached hydrogens (primary N) is 1. The van der Waals surface area contributed by atoms with Gasteiger partial charge in [-0.05, 0) is 12.8 Å². The van der Waals surface area contributed by atoms with Crippen molar-refractivity contribution < 1.29 is 8.42 Å². The molecule has 0 aromatic carbocycles. The highest BCUT2D eigenvalue weighted by Gasteiger charge is 2.06. The van der Waals surface area contributed by atoms with Crippen molar-refractivity contribution in [1.82, 2.24) is 0 Å². The maximum Gasteiger partial charge on any atom is 0.147 e. The molecule has 0 aliphatic heterocycles. The van der Waals surface area contributed by atoms with E-state index in [0.29, 0.717) is 6.42 Å². The summed E-state index contributed by atoms with van der Waals surface area (Å²) in [5, 5.41) is 0. The van der Waals surface area contributed by atoms with Gasteiger partial charge in [-0.2, -0.15) is 0 Å². The predicted molar refractivity (Wildman–Crippen MR) is 58.6 cm³/mol. The second-order valence-corrected chi connectivity index (χ2v) is 5.23. The van der Waals surface area contributed by atoms with Crippen LogP contribution in [0.25, 0.3) is 0 Å². The molecule has 0 rings (SSSR count). The van der Waals surface area contributed by atoms with Crippen LogP contribution in [-0.2, 0) is 9.84 Å². The Labute approximate surface area is 82.6 Å². The lowest BCUT2D eigenvalue weighted by Gasteiger charge is -2.07. The van der Waals surface area contributed by atoms with E-state index in [2.05, 4.69) is 0 Å². The standard InChI is InChI=1S/C7H17NO2S.C2H6/c1-3-4-7(8)5-6-11(2,9)10;1-2/h7H,3-6,8H2,1-2H3;1-2H3. The minimum absolute atomic E-state index is 0.0507. The van der Waals surface area contributed by atoms with Crippen LogP contribution in [0.1, 0.15) is 40.0 Å². The predicted octanol–water partition coefficient (Wildman–Crippen LogP) is 1.57. The Morgan fingerprint density at radius 2 is 1.69 bits per heavy atom. The van der Waals surface area contributed by atoms with Gasteiger partial charge in [0.2, 0.25) is 0 Å². The first-order valence-corrected chi connectivity index (χ1v) is 6.95. The molecular weight excluding hydrogens is 186 g/mol. The van der Waals surface area contributed by atoms with Gasteiger partial charge in [-0.25, -0.2) is 8.42 Å². The summed E-state index contributed by atoms with van der Waals surface area (Å²) in [5.74, 6) is 0.216. The first-order chi connectivity index (χ1) is 5.95. The van der Waals surface area contributed by atoms with E-state index in [1.165, 1.54) is 6.26 Å². The molecule has 0 spiro atoms. The van der Waals surface area contributed by atoms with Crippen molar-refractivity contribution in [3.05, 3.63) is 0 Å². The topological polar surface area (TPSA) is 60.2 Å². The maximum absolute atomic E-state index is 10.7. The fraction of sp³-hybridized carbons (Fsp3) is 1.00. The summed E-state index contributed by atoms with van der Waals surface area (Å²) in [4.78, 5) is 0. The van der Waals surface area contributed by atoms with E-state index in [0.717, 1.165) is 12.8 Å². The van der Waals surface area contributed by atoms with Crippen molar-refractivity contribution in [1.29, 1.82) is 0 Å². The summed E-state index contributed by atoms with van der Waals surface area (Å²) < 4.78 is 21.4. The van der Waals surface area contributed by atoms with Crippen LogP contribution in [0.3, 0.4) is 0 Å². The molecule has 0 radical (unpaired) electrons. The van der Waals surface area contributed by atoms with Crippen molar-refractivity contribution in [2.45, 2.75) is 46.1 Å². The van der Waals surface area contributed by atoms with Gasteiger partial charge >= 0.3 is 0 Å². The molecule has 4 heteroatoms. The zero-order valence-electron chi connectivity index (χ0n) is 9.21. The highest BCUT2D eigenvalue weighted by atomic mass is 32.2. The van der Waals surface area contributed by atoms with Gasteiger partial charge in [-0.3, -0.25) is 0 Å². The number of rotatable bonds is 5. The van der Waals surface area contributed by atoms with Crippen LogP contribution < -0.4 is 5.73 Å². The average Bonchev–Trinajstić information content (AvgIpc) is 2.04. The lowest BCUT2D eigenvalue weighted by atomic mass is 10.1. The van der Waals surface area contributed by atoms with Crippen molar-refractivity contribution in [3.63, 3.8) is 0 Å². The summed E-state index contributed by atoms with van der Waals surface area (Å²) in [6.07, 6.45) is 3.76. The van der Waals surface area contributed by atoms with Crippen LogP contribution in [0, 0.1) is 0 Å². The Morgan fingerprint density at radius 3 is 2.00 bits per heavy atom. The van der Waals surface area contributed by atoms with Gasteiger partial charge in [0.1, 0.15) is 9.84 Å². The van der Waals surface area contributed by atoms with E-state index < -0.39 is 9.84 Å². The van der Waals surface area contributed by atoms with Gasteiger partial charge in [0, 0.05) is 12.3 Å². The molecule has 1 atom stereocenters. The number of sulfone groups is 1. The second kappa shape index (κ2) is 8.51. The molecule has 3 nitrogen and oxygen atoms in total. The quantitative estimate of drug-likeness (QED) is 0.747. The molecule has 1 unspecified atom stereocenters. The Bertz CT molecular complexity index is 188. The van der Waals surface area contributed by atoms with Crippen LogP contribution in [-0.4, -0.2) is 26.5 Å². The summed E-state index contributed by atoms with van der Waals surface area (Å²) in [7, 11) is -2.82. The lowest BCUT2D eigenvalue weighted by molar-refractivity contribution is 0.566. The molecular formula is C9H23NO2S. The normalized spacial score (nSPS) is 13.0. The van der Waals surface area contributed by atoms with E-state index >= 15 is 0 Å². The zero-order chi connectivity index (χ0) is 10.9. The van der Waals surface area contributed by atoms with Crippen LogP contribution in [0.15, 0.2) is 0 Å². The third-order valence-corrected chi connectivity index (χ3v) is 2.50. The molecule has 0 bridgehead atoms. The van der Waals surface area contributed by atoms with Crippen molar-refractivity contribution in [2.24, 2.45) is 5.73 Å². The van der Waals surface area contributed by atoms with E-state index in [-0.39, 0.29) is 11.8 Å². The van der Waals surface area contributed by atoms with Gasteiger partial charge in [-0.1, -0.05) is 27.2 Å². The SMILES string of the molecule is CC.CCCC(N)CCS(C)(=O)=O. The number of hydrogen-bond acceptors (Lipinski definition) is 3. The number of hydrogen-bond donors (Lipinski definition) is 1. The van der Waals surface area contributed by atoms with Gasteiger partial charge in [0.15, 0.2) is 0 Å². The summed E-state index contributed by atoms with van der Waals surface area (Å²) in [6, 6.07) is 0.0507. The van der Waals surface area contributed by atoms with Gasteiger partial charge in [0.25, 0.3) is 0 Å². The summed E-state index contributed by atoms with van der Waals surface area (Å²) in [5.41, 5.74) is 5.63. The molecule has 0 saturated heterocycles. The van der Waals surface area contributed by atoms with Crippen LogP contribution in [0.4, 0.5) is 0 Å². The molecule has 82 valence electrons. The van der Waals surface area contributed by atoms with Gasteiger partial charge in [-0.15, -0.1) is 0 Å². The molecule has 0 aromatic heterocycles. The van der Waals surface area contributed by atoms with E-state index in [1.807, 2.05) is 20.8 Å². The Morgan fingerprint density at radius 1 is 1.23 bits per heavy atom. The smallest absolute Gasteiger partial charge is 0.147 e. The third kappa shape index (κ3) is 14.7. The highest BCUT2D eigenvalue weighted by molar-refractivity contribution is 7.90. The summed E-state index contributed by atoms with van der Waals surface area (Å²) in [6.45, 7) is 6.04. The molecule has 0 heterocycles. The molecule has 13 heavy (non-hydrogen) atoms. The van der Waals surface area contributed by atoms with Gasteiger partial charge in [0.05, 0.1) is 5.75 Å².